The molecule has 4 rings (SSSR count). The number of carbonyl (C=O) groups is 2. The van der Waals surface area contributed by atoms with E-state index in [9.17, 15) is 14.4 Å². The van der Waals surface area contributed by atoms with Crippen molar-refractivity contribution in [3.8, 4) is 0 Å². The van der Waals surface area contributed by atoms with Crippen molar-refractivity contribution in [2.45, 2.75) is 31.5 Å². The summed E-state index contributed by atoms with van der Waals surface area (Å²) in [4.78, 5) is 41.8. The molecule has 1 aromatic heterocycles. The summed E-state index contributed by atoms with van der Waals surface area (Å²) in [6.07, 6.45) is 2.12. The molecule has 1 fully saturated rings. The van der Waals surface area contributed by atoms with Crippen molar-refractivity contribution in [1.82, 2.24) is 14.9 Å². The molecule has 7 nitrogen and oxygen atoms in total. The van der Waals surface area contributed by atoms with Crippen molar-refractivity contribution in [2.75, 3.05) is 0 Å². The summed E-state index contributed by atoms with van der Waals surface area (Å²) in [5, 5.41) is 3.28. The Kier molecular flexibility index (Phi) is 4.89. The topological polar surface area (TPSA) is 90.3 Å². The number of rotatable bonds is 6. The van der Waals surface area contributed by atoms with Gasteiger partial charge in [0.2, 0.25) is 6.10 Å². The Hall–Kier alpha value is -3.48. The maximum Gasteiger partial charge on any atom is 0.327 e. The fraction of sp³-hybridized carbons (Fsp3) is 0.238. The number of ether oxygens (including phenoxy) is 1. The normalized spacial score (nSPS) is 14.4. The summed E-state index contributed by atoms with van der Waals surface area (Å²) in [5.41, 5.74) is 0.808. The molecule has 0 spiro atoms. The summed E-state index contributed by atoms with van der Waals surface area (Å²) in [7, 11) is 0. The van der Waals surface area contributed by atoms with Gasteiger partial charge in [-0.2, -0.15) is 0 Å². The van der Waals surface area contributed by atoms with Crippen LogP contribution in [-0.2, 0) is 20.9 Å². The molecule has 3 aromatic rings. The van der Waals surface area contributed by atoms with E-state index in [-0.39, 0.29) is 24.1 Å². The molecule has 1 atom stereocenters. The maximum atomic E-state index is 12.6. The Morgan fingerprint density at radius 1 is 1.11 bits per heavy atom. The fourth-order valence-electron chi connectivity index (χ4n) is 2.93. The largest absolute Gasteiger partial charge is 0.446 e. The minimum absolute atomic E-state index is 0.143. The van der Waals surface area contributed by atoms with E-state index >= 15 is 0 Å². The molecule has 7 heteroatoms. The SMILES string of the molecule is O=C(Cn1cnc2ccccc2c1=O)OC(C(=O)NC1CC1)c1ccccc1. The van der Waals surface area contributed by atoms with Crippen LogP contribution in [0.25, 0.3) is 10.9 Å². The zero-order valence-corrected chi connectivity index (χ0v) is 15.1. The zero-order chi connectivity index (χ0) is 19.5. The molecule has 0 bridgehead atoms. The molecule has 1 amide bonds. The molecule has 2 aromatic carbocycles. The number of nitrogens with zero attached hydrogens (tertiary/aromatic N) is 2. The van der Waals surface area contributed by atoms with E-state index < -0.39 is 12.1 Å². The molecular weight excluding hydrogens is 358 g/mol. The highest BCUT2D eigenvalue weighted by molar-refractivity contribution is 5.85. The van der Waals surface area contributed by atoms with Crippen LogP contribution in [0.15, 0.2) is 65.7 Å². The van der Waals surface area contributed by atoms with Crippen LogP contribution in [0.5, 0.6) is 0 Å². The summed E-state index contributed by atoms with van der Waals surface area (Å²) in [6, 6.07) is 15.9. The first-order valence-corrected chi connectivity index (χ1v) is 9.11. The van der Waals surface area contributed by atoms with Crippen molar-refractivity contribution in [2.24, 2.45) is 0 Å². The van der Waals surface area contributed by atoms with E-state index in [2.05, 4.69) is 10.3 Å². The summed E-state index contributed by atoms with van der Waals surface area (Å²) >= 11 is 0. The van der Waals surface area contributed by atoms with Gasteiger partial charge in [-0.3, -0.25) is 19.0 Å². The van der Waals surface area contributed by atoms with Crippen molar-refractivity contribution in [3.63, 3.8) is 0 Å². The van der Waals surface area contributed by atoms with Gasteiger partial charge in [0.25, 0.3) is 11.5 Å². The number of carbonyl (C=O) groups excluding carboxylic acids is 2. The highest BCUT2D eigenvalue weighted by atomic mass is 16.5. The Morgan fingerprint density at radius 3 is 2.57 bits per heavy atom. The maximum absolute atomic E-state index is 12.6. The van der Waals surface area contributed by atoms with Gasteiger partial charge in [0.05, 0.1) is 17.2 Å². The molecule has 0 saturated heterocycles. The number of nitrogens with one attached hydrogen (secondary N) is 1. The van der Waals surface area contributed by atoms with Crippen LogP contribution in [0.1, 0.15) is 24.5 Å². The molecule has 1 aliphatic carbocycles. The molecule has 1 heterocycles. The van der Waals surface area contributed by atoms with Gasteiger partial charge in [0.1, 0.15) is 6.54 Å². The Morgan fingerprint density at radius 2 is 1.82 bits per heavy atom. The number of amides is 1. The number of para-hydroxylation sites is 1. The monoisotopic (exact) mass is 377 g/mol. The lowest BCUT2D eigenvalue weighted by Gasteiger charge is -2.18. The summed E-state index contributed by atoms with van der Waals surface area (Å²) in [6.45, 7) is -0.323. The number of esters is 1. The van der Waals surface area contributed by atoms with Crippen LogP contribution in [0, 0.1) is 0 Å². The van der Waals surface area contributed by atoms with Gasteiger partial charge in [0, 0.05) is 11.6 Å². The lowest BCUT2D eigenvalue weighted by Crippen LogP contribution is -2.35. The number of hydrogen-bond acceptors (Lipinski definition) is 5. The van der Waals surface area contributed by atoms with E-state index in [1.54, 1.807) is 48.5 Å². The first kappa shape index (κ1) is 17.9. The smallest absolute Gasteiger partial charge is 0.327 e. The molecule has 142 valence electrons. The van der Waals surface area contributed by atoms with E-state index in [1.165, 1.54) is 10.9 Å². The molecule has 1 saturated carbocycles. The fourth-order valence-corrected chi connectivity index (χ4v) is 2.93. The van der Waals surface area contributed by atoms with Crippen molar-refractivity contribution >= 4 is 22.8 Å². The zero-order valence-electron chi connectivity index (χ0n) is 15.1. The van der Waals surface area contributed by atoms with E-state index in [1.807, 2.05) is 6.07 Å². The van der Waals surface area contributed by atoms with E-state index in [0.29, 0.717) is 16.5 Å². The van der Waals surface area contributed by atoms with Gasteiger partial charge in [0.15, 0.2) is 0 Å². The van der Waals surface area contributed by atoms with Gasteiger partial charge in [-0.1, -0.05) is 42.5 Å². The van der Waals surface area contributed by atoms with Crippen LogP contribution in [-0.4, -0.2) is 27.5 Å². The summed E-state index contributed by atoms with van der Waals surface area (Å²) < 4.78 is 6.65. The average molecular weight is 377 g/mol. The third-order valence-electron chi connectivity index (χ3n) is 4.54. The molecule has 28 heavy (non-hydrogen) atoms. The minimum Gasteiger partial charge on any atom is -0.446 e. The Bertz CT molecular complexity index is 1070. The second-order valence-electron chi connectivity index (χ2n) is 6.76. The van der Waals surface area contributed by atoms with Crippen molar-refractivity contribution in [1.29, 1.82) is 0 Å². The molecule has 0 aliphatic heterocycles. The lowest BCUT2D eigenvalue weighted by molar-refractivity contribution is -0.157. The number of fused-ring (bicyclic) bond motifs is 1. The second kappa shape index (κ2) is 7.64. The van der Waals surface area contributed by atoms with E-state index in [4.69, 9.17) is 4.74 Å². The molecule has 0 radical (unpaired) electrons. The molecular formula is C21H19N3O4. The first-order chi connectivity index (χ1) is 13.6. The lowest BCUT2D eigenvalue weighted by atomic mass is 10.1. The first-order valence-electron chi connectivity index (χ1n) is 9.11. The van der Waals surface area contributed by atoms with Crippen LogP contribution in [0.2, 0.25) is 0 Å². The predicted octanol–water partition coefficient (Wildman–Crippen LogP) is 1.96. The van der Waals surface area contributed by atoms with Gasteiger partial charge in [-0.05, 0) is 25.0 Å². The predicted molar refractivity (Wildman–Crippen MR) is 102 cm³/mol. The number of aromatic nitrogens is 2. The third kappa shape index (κ3) is 3.93. The Balaban J connectivity index is 1.53. The standard InChI is InChI=1S/C21H19N3O4/c25-18(12-24-13-22-17-9-5-4-8-16(17)21(24)27)28-19(14-6-2-1-3-7-14)20(26)23-15-10-11-15/h1-9,13,15,19H,10-12H2,(H,23,26). The van der Waals surface area contributed by atoms with Crippen LogP contribution in [0.3, 0.4) is 0 Å². The van der Waals surface area contributed by atoms with Gasteiger partial charge in [-0.15, -0.1) is 0 Å². The van der Waals surface area contributed by atoms with Crippen LogP contribution in [0.4, 0.5) is 0 Å². The van der Waals surface area contributed by atoms with Gasteiger partial charge in [-0.25, -0.2) is 4.98 Å². The molecule has 1 aliphatic rings. The summed E-state index contributed by atoms with van der Waals surface area (Å²) in [5.74, 6) is -1.04. The van der Waals surface area contributed by atoms with Crippen LogP contribution < -0.4 is 10.9 Å². The third-order valence-corrected chi connectivity index (χ3v) is 4.54. The van der Waals surface area contributed by atoms with Gasteiger partial charge >= 0.3 is 5.97 Å². The molecule has 1 N–H and O–H groups in total. The van der Waals surface area contributed by atoms with Gasteiger partial charge < -0.3 is 10.1 Å². The number of hydrogen-bond donors (Lipinski definition) is 1. The average Bonchev–Trinajstić information content (AvgIpc) is 3.53. The number of benzene rings is 2. The highest BCUT2D eigenvalue weighted by Gasteiger charge is 2.30. The van der Waals surface area contributed by atoms with Crippen molar-refractivity contribution < 1.29 is 14.3 Å². The second-order valence-corrected chi connectivity index (χ2v) is 6.76. The van der Waals surface area contributed by atoms with E-state index in [0.717, 1.165) is 12.8 Å². The molecule has 1 unspecified atom stereocenters. The van der Waals surface area contributed by atoms with Crippen LogP contribution >= 0.6 is 0 Å². The van der Waals surface area contributed by atoms with Crippen molar-refractivity contribution in [3.05, 3.63) is 76.8 Å². The Labute approximate surface area is 161 Å². The quantitative estimate of drug-likeness (QED) is 0.663. The highest BCUT2D eigenvalue weighted by Crippen LogP contribution is 2.23. The minimum atomic E-state index is -1.06.